The van der Waals surface area contributed by atoms with E-state index in [4.69, 9.17) is 10.5 Å². The van der Waals surface area contributed by atoms with Gasteiger partial charge in [0.15, 0.2) is 5.82 Å². The molecule has 1 amide bonds. The van der Waals surface area contributed by atoms with E-state index in [0.29, 0.717) is 16.9 Å². The lowest BCUT2D eigenvalue weighted by Crippen LogP contribution is -2.30. The van der Waals surface area contributed by atoms with Crippen molar-refractivity contribution >= 4 is 23.4 Å². The van der Waals surface area contributed by atoms with Crippen LogP contribution in [-0.2, 0) is 4.74 Å². The van der Waals surface area contributed by atoms with Crippen molar-refractivity contribution in [2.24, 2.45) is 0 Å². The monoisotopic (exact) mass is 393 g/mol. The van der Waals surface area contributed by atoms with Crippen molar-refractivity contribution in [1.82, 2.24) is 15.4 Å². The zero-order valence-electron chi connectivity index (χ0n) is 15.8. The van der Waals surface area contributed by atoms with Gasteiger partial charge in [0.2, 0.25) is 5.88 Å². The third-order valence-corrected chi connectivity index (χ3v) is 3.95. The Morgan fingerprint density at radius 3 is 2.28 bits per heavy atom. The summed E-state index contributed by atoms with van der Waals surface area (Å²) in [6, 6.07) is 13.4. The summed E-state index contributed by atoms with van der Waals surface area (Å²) in [5.74, 6) is -0.102. The van der Waals surface area contributed by atoms with Crippen LogP contribution in [0, 0.1) is 6.92 Å². The number of ether oxygens (including phenoxy) is 2. The molecule has 2 aromatic carbocycles. The highest BCUT2D eigenvalue weighted by atomic mass is 16.5. The molecule has 0 fully saturated rings. The first-order valence-corrected chi connectivity index (χ1v) is 8.57. The summed E-state index contributed by atoms with van der Waals surface area (Å²) in [6.45, 7) is 1.94. The van der Waals surface area contributed by atoms with Crippen LogP contribution in [0.2, 0.25) is 0 Å². The molecule has 0 unspecified atom stereocenters. The number of carbonyl (C=O) groups is 2. The molecule has 0 aliphatic heterocycles. The summed E-state index contributed by atoms with van der Waals surface area (Å²) in [6.07, 6.45) is 1.24. The van der Waals surface area contributed by atoms with Gasteiger partial charge in [0.25, 0.3) is 5.91 Å². The van der Waals surface area contributed by atoms with Crippen LogP contribution in [0.15, 0.2) is 54.9 Å². The Morgan fingerprint density at radius 1 is 0.966 bits per heavy atom. The smallest absolute Gasteiger partial charge is 0.337 e. The second-order valence-electron chi connectivity index (χ2n) is 6.00. The Morgan fingerprint density at radius 2 is 1.62 bits per heavy atom. The van der Waals surface area contributed by atoms with Crippen LogP contribution in [0.5, 0.6) is 11.6 Å². The van der Waals surface area contributed by atoms with Gasteiger partial charge in [-0.3, -0.25) is 15.6 Å². The minimum absolute atomic E-state index is 0.0953. The fourth-order valence-corrected chi connectivity index (χ4v) is 2.34. The molecule has 0 radical (unpaired) electrons. The van der Waals surface area contributed by atoms with E-state index in [1.54, 1.807) is 36.4 Å². The average Bonchev–Trinajstić information content (AvgIpc) is 2.74. The SMILES string of the molecule is COC(=O)c1ccc(Oc2ncnc(NNC(=O)c3ccc(C)cc3)c2N)cc1. The molecule has 0 aliphatic carbocycles. The second-order valence-corrected chi connectivity index (χ2v) is 6.00. The van der Waals surface area contributed by atoms with Gasteiger partial charge >= 0.3 is 5.97 Å². The molecule has 0 saturated heterocycles. The molecule has 9 nitrogen and oxygen atoms in total. The van der Waals surface area contributed by atoms with E-state index in [2.05, 4.69) is 25.6 Å². The Labute approximate surface area is 166 Å². The lowest BCUT2D eigenvalue weighted by atomic mass is 10.1. The molecule has 148 valence electrons. The predicted molar refractivity (Wildman–Crippen MR) is 107 cm³/mol. The highest BCUT2D eigenvalue weighted by Gasteiger charge is 2.13. The summed E-state index contributed by atoms with van der Waals surface area (Å²) in [5.41, 5.74) is 13.3. The summed E-state index contributed by atoms with van der Waals surface area (Å²) in [7, 11) is 1.31. The maximum absolute atomic E-state index is 12.2. The van der Waals surface area contributed by atoms with E-state index >= 15 is 0 Å². The molecule has 1 aromatic heterocycles. The van der Waals surface area contributed by atoms with E-state index in [1.165, 1.54) is 13.4 Å². The average molecular weight is 393 g/mol. The van der Waals surface area contributed by atoms with E-state index in [1.807, 2.05) is 19.1 Å². The van der Waals surface area contributed by atoms with Crippen molar-refractivity contribution in [2.75, 3.05) is 18.3 Å². The highest BCUT2D eigenvalue weighted by Crippen LogP contribution is 2.29. The topological polar surface area (TPSA) is 128 Å². The van der Waals surface area contributed by atoms with E-state index in [0.717, 1.165) is 5.56 Å². The number of hydrogen-bond acceptors (Lipinski definition) is 8. The van der Waals surface area contributed by atoms with Gasteiger partial charge < -0.3 is 15.2 Å². The van der Waals surface area contributed by atoms with Crippen molar-refractivity contribution in [3.63, 3.8) is 0 Å². The molecule has 0 bridgehead atoms. The number of aryl methyl sites for hydroxylation is 1. The first-order chi connectivity index (χ1) is 14.0. The highest BCUT2D eigenvalue weighted by molar-refractivity contribution is 5.95. The molecule has 4 N–H and O–H groups in total. The van der Waals surface area contributed by atoms with Crippen molar-refractivity contribution < 1.29 is 19.1 Å². The first kappa shape index (κ1) is 19.6. The third kappa shape index (κ3) is 4.78. The van der Waals surface area contributed by atoms with Crippen molar-refractivity contribution in [3.05, 3.63) is 71.5 Å². The van der Waals surface area contributed by atoms with Gasteiger partial charge in [0.05, 0.1) is 12.7 Å². The largest absolute Gasteiger partial charge is 0.465 e. The van der Waals surface area contributed by atoms with Crippen LogP contribution in [0.4, 0.5) is 11.5 Å². The summed E-state index contributed by atoms with van der Waals surface area (Å²) in [5, 5.41) is 0. The normalized spacial score (nSPS) is 10.1. The predicted octanol–water partition coefficient (Wildman–Crippen LogP) is 2.70. The lowest BCUT2D eigenvalue weighted by Gasteiger charge is -2.12. The van der Waals surface area contributed by atoms with Gasteiger partial charge in [-0.2, -0.15) is 4.98 Å². The number of hydrazine groups is 1. The molecule has 0 aliphatic rings. The van der Waals surface area contributed by atoms with Gasteiger partial charge in [-0.25, -0.2) is 9.78 Å². The first-order valence-electron chi connectivity index (χ1n) is 8.57. The number of esters is 1. The number of methoxy groups -OCH3 is 1. The summed E-state index contributed by atoms with van der Waals surface area (Å²) < 4.78 is 10.3. The maximum Gasteiger partial charge on any atom is 0.337 e. The number of benzene rings is 2. The molecular formula is C20H19N5O4. The number of amides is 1. The summed E-state index contributed by atoms with van der Waals surface area (Å²) >= 11 is 0. The summed E-state index contributed by atoms with van der Waals surface area (Å²) in [4.78, 5) is 31.7. The zero-order valence-corrected chi connectivity index (χ0v) is 15.8. The van der Waals surface area contributed by atoms with Crippen molar-refractivity contribution in [1.29, 1.82) is 0 Å². The zero-order chi connectivity index (χ0) is 20.8. The van der Waals surface area contributed by atoms with E-state index in [-0.39, 0.29) is 23.3 Å². The van der Waals surface area contributed by atoms with Crippen LogP contribution < -0.4 is 21.3 Å². The van der Waals surface area contributed by atoms with Gasteiger partial charge in [-0.05, 0) is 43.3 Å². The van der Waals surface area contributed by atoms with Gasteiger partial charge in [0, 0.05) is 5.56 Å². The number of anilines is 2. The molecule has 3 aromatic rings. The van der Waals surface area contributed by atoms with Crippen molar-refractivity contribution in [2.45, 2.75) is 6.92 Å². The number of nitrogen functional groups attached to an aromatic ring is 1. The number of rotatable bonds is 6. The number of nitrogens with one attached hydrogen (secondary N) is 2. The fraction of sp³-hybridized carbons (Fsp3) is 0.100. The lowest BCUT2D eigenvalue weighted by molar-refractivity contribution is 0.0600. The minimum Gasteiger partial charge on any atom is -0.465 e. The number of carbonyl (C=O) groups excluding carboxylic acids is 2. The minimum atomic E-state index is -0.450. The van der Waals surface area contributed by atoms with Crippen LogP contribution in [0.3, 0.4) is 0 Å². The molecule has 9 heteroatoms. The number of nitrogens with zero attached hydrogens (tertiary/aromatic N) is 2. The van der Waals surface area contributed by atoms with Crippen molar-refractivity contribution in [3.8, 4) is 11.6 Å². The van der Waals surface area contributed by atoms with Crippen LogP contribution in [0.25, 0.3) is 0 Å². The van der Waals surface area contributed by atoms with E-state index < -0.39 is 5.97 Å². The van der Waals surface area contributed by atoms with Crippen LogP contribution in [0.1, 0.15) is 26.3 Å². The molecular weight excluding hydrogens is 374 g/mol. The molecule has 0 atom stereocenters. The molecule has 29 heavy (non-hydrogen) atoms. The quantitative estimate of drug-likeness (QED) is 0.431. The maximum atomic E-state index is 12.2. The molecule has 3 rings (SSSR count). The van der Waals surface area contributed by atoms with Crippen LogP contribution >= 0.6 is 0 Å². The van der Waals surface area contributed by atoms with Gasteiger partial charge in [-0.1, -0.05) is 17.7 Å². The third-order valence-electron chi connectivity index (χ3n) is 3.95. The van der Waals surface area contributed by atoms with Gasteiger partial charge in [-0.15, -0.1) is 0 Å². The fourth-order valence-electron chi connectivity index (χ4n) is 2.34. The molecule has 1 heterocycles. The van der Waals surface area contributed by atoms with Crippen LogP contribution in [-0.4, -0.2) is 29.0 Å². The Kier molecular flexibility index (Phi) is 5.88. The number of hydrogen-bond donors (Lipinski definition) is 3. The Hall–Kier alpha value is -4.14. The van der Waals surface area contributed by atoms with E-state index in [9.17, 15) is 9.59 Å². The number of nitrogens with two attached hydrogens (primary N) is 1. The second kappa shape index (κ2) is 8.70. The molecule has 0 spiro atoms. The number of aromatic nitrogens is 2. The molecule has 0 saturated carbocycles. The standard InChI is InChI=1S/C20H19N5O4/c1-12-3-5-13(6-4-12)18(26)25-24-17-16(21)19(23-11-22-17)29-15-9-7-14(8-10-15)20(27)28-2/h3-11H,21H2,1-2H3,(H,25,26)(H,22,23,24). The Balaban J connectivity index is 1.68. The Bertz CT molecular complexity index is 1020. The van der Waals surface area contributed by atoms with Gasteiger partial charge in [0.1, 0.15) is 17.8 Å².